The quantitative estimate of drug-likeness (QED) is 0.814. The lowest BCUT2D eigenvalue weighted by Gasteiger charge is -2.06. The maximum Gasteiger partial charge on any atom is 0.151 e. The second-order valence-corrected chi connectivity index (χ2v) is 7.34. The van der Waals surface area contributed by atoms with Crippen molar-refractivity contribution >= 4 is 21.6 Å². The summed E-state index contributed by atoms with van der Waals surface area (Å²) in [5, 5.41) is 0.301. The van der Waals surface area contributed by atoms with Gasteiger partial charge in [-0.05, 0) is 12.0 Å². The summed E-state index contributed by atoms with van der Waals surface area (Å²) in [5.74, 6) is 1.66. The second kappa shape index (κ2) is 4.58. The molecule has 1 aliphatic rings. The molecule has 0 unspecified atom stereocenters. The van der Waals surface area contributed by atoms with Gasteiger partial charge in [-0.3, -0.25) is 0 Å². The molecule has 2 rings (SSSR count). The zero-order valence-electron chi connectivity index (χ0n) is 8.43. The molecule has 1 aromatic carbocycles. The highest BCUT2D eigenvalue weighted by molar-refractivity contribution is 8.01. The maximum absolute atomic E-state index is 11.2. The normalized spacial score (nSPS) is 24.1. The Labute approximate surface area is 95.0 Å². The van der Waals surface area contributed by atoms with Gasteiger partial charge in [-0.1, -0.05) is 30.3 Å². The van der Waals surface area contributed by atoms with Crippen molar-refractivity contribution in [1.29, 1.82) is 0 Å². The number of hydrogen-bond donors (Lipinski definition) is 0. The van der Waals surface area contributed by atoms with Crippen LogP contribution >= 0.6 is 11.8 Å². The Morgan fingerprint density at radius 1 is 1.27 bits per heavy atom. The lowest BCUT2D eigenvalue weighted by atomic mass is 10.2. The van der Waals surface area contributed by atoms with Crippen LogP contribution in [-0.4, -0.2) is 25.2 Å². The predicted molar refractivity (Wildman–Crippen MR) is 64.8 cm³/mol. The van der Waals surface area contributed by atoms with E-state index >= 15 is 0 Å². The predicted octanol–water partition coefficient (Wildman–Crippen LogP) is 2.11. The van der Waals surface area contributed by atoms with E-state index in [4.69, 9.17) is 0 Å². The number of hydrogen-bond acceptors (Lipinski definition) is 3. The first-order chi connectivity index (χ1) is 7.16. The molecule has 4 heteroatoms. The van der Waals surface area contributed by atoms with E-state index in [1.807, 2.05) is 18.2 Å². The Bertz CT molecular complexity index is 411. The van der Waals surface area contributed by atoms with Gasteiger partial charge >= 0.3 is 0 Å². The molecule has 0 N–H and O–H groups in total. The minimum absolute atomic E-state index is 0.301. The Morgan fingerprint density at radius 2 is 2.00 bits per heavy atom. The van der Waals surface area contributed by atoms with Gasteiger partial charge in [0, 0.05) is 11.0 Å². The topological polar surface area (TPSA) is 34.1 Å². The fourth-order valence-electron chi connectivity index (χ4n) is 1.68. The molecule has 0 aromatic heterocycles. The van der Waals surface area contributed by atoms with Crippen molar-refractivity contribution in [1.82, 2.24) is 0 Å². The highest BCUT2D eigenvalue weighted by Gasteiger charge is 2.27. The number of sulfone groups is 1. The van der Waals surface area contributed by atoms with Gasteiger partial charge in [-0.15, -0.1) is 0 Å². The van der Waals surface area contributed by atoms with Crippen LogP contribution in [0.1, 0.15) is 12.0 Å². The van der Waals surface area contributed by atoms with Crippen LogP contribution < -0.4 is 0 Å². The van der Waals surface area contributed by atoms with Gasteiger partial charge in [0.25, 0.3) is 0 Å². The van der Waals surface area contributed by atoms with E-state index in [0.29, 0.717) is 16.8 Å². The van der Waals surface area contributed by atoms with Crippen molar-refractivity contribution in [2.75, 3.05) is 11.5 Å². The third-order valence-electron chi connectivity index (χ3n) is 2.52. The average molecular weight is 242 g/mol. The van der Waals surface area contributed by atoms with Crippen LogP contribution in [-0.2, 0) is 15.6 Å². The van der Waals surface area contributed by atoms with E-state index in [0.717, 1.165) is 12.2 Å². The molecule has 1 heterocycles. The summed E-state index contributed by atoms with van der Waals surface area (Å²) < 4.78 is 22.5. The van der Waals surface area contributed by atoms with E-state index in [2.05, 4.69) is 12.1 Å². The number of rotatable bonds is 3. The van der Waals surface area contributed by atoms with Crippen molar-refractivity contribution in [2.45, 2.75) is 17.4 Å². The van der Waals surface area contributed by atoms with E-state index in [1.165, 1.54) is 5.56 Å². The lowest BCUT2D eigenvalue weighted by molar-refractivity contribution is 0.602. The van der Waals surface area contributed by atoms with Crippen molar-refractivity contribution in [3.8, 4) is 0 Å². The van der Waals surface area contributed by atoms with Crippen LogP contribution in [0.2, 0.25) is 0 Å². The van der Waals surface area contributed by atoms with Crippen molar-refractivity contribution in [3.05, 3.63) is 35.9 Å². The highest BCUT2D eigenvalue weighted by atomic mass is 32.2. The van der Waals surface area contributed by atoms with Crippen LogP contribution in [0.25, 0.3) is 0 Å². The zero-order valence-corrected chi connectivity index (χ0v) is 10.1. The highest BCUT2D eigenvalue weighted by Crippen LogP contribution is 2.26. The van der Waals surface area contributed by atoms with Crippen LogP contribution in [0.3, 0.4) is 0 Å². The Morgan fingerprint density at radius 3 is 2.60 bits per heavy atom. The maximum atomic E-state index is 11.2. The summed E-state index contributed by atoms with van der Waals surface area (Å²) >= 11 is 1.76. The molecule has 15 heavy (non-hydrogen) atoms. The lowest BCUT2D eigenvalue weighted by Crippen LogP contribution is -2.06. The molecule has 2 nitrogen and oxygen atoms in total. The molecule has 1 saturated heterocycles. The zero-order chi connectivity index (χ0) is 10.7. The van der Waals surface area contributed by atoms with Crippen molar-refractivity contribution in [3.63, 3.8) is 0 Å². The first kappa shape index (κ1) is 11.0. The van der Waals surface area contributed by atoms with Gasteiger partial charge in [-0.2, -0.15) is 11.8 Å². The Hall–Kier alpha value is -0.480. The van der Waals surface area contributed by atoms with E-state index in [-0.39, 0.29) is 0 Å². The average Bonchev–Trinajstić information content (AvgIpc) is 2.57. The first-order valence-electron chi connectivity index (χ1n) is 5.02. The fourth-order valence-corrected chi connectivity index (χ4v) is 5.29. The molecule has 0 saturated carbocycles. The van der Waals surface area contributed by atoms with Gasteiger partial charge in [0.1, 0.15) is 0 Å². The summed E-state index contributed by atoms with van der Waals surface area (Å²) in [7, 11) is -2.72. The van der Waals surface area contributed by atoms with Crippen LogP contribution in [0.15, 0.2) is 30.3 Å². The SMILES string of the molecule is O=S1(=O)CC[C@H](SCc2ccccc2)C1. The molecule has 1 fully saturated rings. The molecule has 0 bridgehead atoms. The first-order valence-corrected chi connectivity index (χ1v) is 7.89. The monoisotopic (exact) mass is 242 g/mol. The van der Waals surface area contributed by atoms with Gasteiger partial charge < -0.3 is 0 Å². The van der Waals surface area contributed by atoms with Gasteiger partial charge in [0.05, 0.1) is 11.5 Å². The van der Waals surface area contributed by atoms with E-state index in [1.54, 1.807) is 11.8 Å². The van der Waals surface area contributed by atoms with Crippen LogP contribution in [0.5, 0.6) is 0 Å². The molecule has 1 atom stereocenters. The minimum Gasteiger partial charge on any atom is -0.229 e. The number of thioether (sulfide) groups is 1. The van der Waals surface area contributed by atoms with E-state index in [9.17, 15) is 8.42 Å². The standard InChI is InChI=1S/C11H14O2S2/c12-15(13)7-6-11(9-15)14-8-10-4-2-1-3-5-10/h1-5,11H,6-9H2/t11-/m0/s1. The molecule has 0 radical (unpaired) electrons. The van der Waals surface area contributed by atoms with Gasteiger partial charge in [0.2, 0.25) is 0 Å². The second-order valence-electron chi connectivity index (χ2n) is 3.82. The summed E-state index contributed by atoms with van der Waals surface area (Å²) in [6.45, 7) is 0. The van der Waals surface area contributed by atoms with E-state index < -0.39 is 9.84 Å². The molecule has 0 amide bonds. The van der Waals surface area contributed by atoms with Gasteiger partial charge in [0.15, 0.2) is 9.84 Å². The van der Waals surface area contributed by atoms with Crippen LogP contribution in [0.4, 0.5) is 0 Å². The molecule has 0 aliphatic carbocycles. The Kier molecular flexibility index (Phi) is 3.36. The molecular formula is C11H14O2S2. The summed E-state index contributed by atoms with van der Waals surface area (Å²) in [6, 6.07) is 10.2. The van der Waals surface area contributed by atoms with Crippen molar-refractivity contribution in [2.24, 2.45) is 0 Å². The Balaban J connectivity index is 1.85. The summed E-state index contributed by atoms with van der Waals surface area (Å²) in [5.41, 5.74) is 1.27. The molecule has 1 aromatic rings. The third-order valence-corrected chi connectivity index (χ3v) is 5.87. The molecule has 82 valence electrons. The minimum atomic E-state index is -2.72. The van der Waals surface area contributed by atoms with Crippen molar-refractivity contribution < 1.29 is 8.42 Å². The number of benzene rings is 1. The molecule has 1 aliphatic heterocycles. The third kappa shape index (κ3) is 3.24. The largest absolute Gasteiger partial charge is 0.229 e. The summed E-state index contributed by atoms with van der Waals surface area (Å²) in [4.78, 5) is 0. The van der Waals surface area contributed by atoms with Gasteiger partial charge in [-0.25, -0.2) is 8.42 Å². The van der Waals surface area contributed by atoms with Crippen LogP contribution in [0, 0.1) is 0 Å². The molecule has 0 spiro atoms. The summed E-state index contributed by atoms with van der Waals surface area (Å²) in [6.07, 6.45) is 0.819. The fraction of sp³-hybridized carbons (Fsp3) is 0.455. The smallest absolute Gasteiger partial charge is 0.151 e. The molecular weight excluding hydrogens is 228 g/mol.